The molecule has 0 bridgehead atoms. The summed E-state index contributed by atoms with van der Waals surface area (Å²) >= 11 is 0. The summed E-state index contributed by atoms with van der Waals surface area (Å²) in [6.07, 6.45) is 3.52. The van der Waals surface area contributed by atoms with E-state index in [4.69, 9.17) is 0 Å². The van der Waals surface area contributed by atoms with Crippen molar-refractivity contribution in [2.75, 3.05) is 12.4 Å². The number of hydrogen-bond donors (Lipinski definition) is 1. The fourth-order valence-corrected chi connectivity index (χ4v) is 1.51. The zero-order valence-electron chi connectivity index (χ0n) is 10.0. The van der Waals surface area contributed by atoms with Crippen molar-refractivity contribution >= 4 is 5.82 Å². The van der Waals surface area contributed by atoms with Crippen molar-refractivity contribution in [1.29, 1.82) is 0 Å². The maximum atomic E-state index is 13.6. The molecule has 0 aliphatic heterocycles. The van der Waals surface area contributed by atoms with Gasteiger partial charge in [-0.2, -0.15) is 5.10 Å². The molecular weight excluding hydrogens is 221 g/mol. The van der Waals surface area contributed by atoms with E-state index in [1.165, 1.54) is 0 Å². The SMILES string of the molecule is CCn1cc(-c2nc(C)c(F)c(NC)n2)cn1. The molecule has 5 nitrogen and oxygen atoms in total. The maximum absolute atomic E-state index is 13.6. The van der Waals surface area contributed by atoms with Crippen LogP contribution in [0.2, 0.25) is 0 Å². The van der Waals surface area contributed by atoms with E-state index < -0.39 is 5.82 Å². The average Bonchev–Trinajstić information content (AvgIpc) is 2.81. The van der Waals surface area contributed by atoms with Gasteiger partial charge >= 0.3 is 0 Å². The quantitative estimate of drug-likeness (QED) is 0.882. The summed E-state index contributed by atoms with van der Waals surface area (Å²) in [7, 11) is 1.63. The largest absolute Gasteiger partial charge is 0.371 e. The van der Waals surface area contributed by atoms with E-state index in [0.29, 0.717) is 11.5 Å². The smallest absolute Gasteiger partial charge is 0.186 e. The molecular formula is C11H14FN5. The van der Waals surface area contributed by atoms with Crippen LogP contribution in [0.4, 0.5) is 10.2 Å². The van der Waals surface area contributed by atoms with Crippen LogP contribution in [-0.2, 0) is 6.54 Å². The Morgan fingerprint density at radius 1 is 1.41 bits per heavy atom. The van der Waals surface area contributed by atoms with Gasteiger partial charge in [-0.15, -0.1) is 0 Å². The van der Waals surface area contributed by atoms with Crippen molar-refractivity contribution in [3.8, 4) is 11.4 Å². The van der Waals surface area contributed by atoms with Crippen molar-refractivity contribution in [3.05, 3.63) is 23.9 Å². The molecule has 0 aliphatic rings. The summed E-state index contributed by atoms with van der Waals surface area (Å²) in [5, 5.41) is 6.85. The van der Waals surface area contributed by atoms with E-state index in [1.807, 2.05) is 13.1 Å². The van der Waals surface area contributed by atoms with Crippen LogP contribution in [0.1, 0.15) is 12.6 Å². The molecule has 2 rings (SSSR count). The first-order chi connectivity index (χ1) is 8.15. The topological polar surface area (TPSA) is 55.6 Å². The number of aryl methyl sites for hydroxylation is 2. The number of aromatic nitrogens is 4. The van der Waals surface area contributed by atoms with E-state index in [1.54, 1.807) is 24.9 Å². The molecule has 0 atom stereocenters. The fourth-order valence-electron chi connectivity index (χ4n) is 1.51. The fraction of sp³-hybridized carbons (Fsp3) is 0.364. The molecule has 2 heterocycles. The number of hydrogen-bond acceptors (Lipinski definition) is 4. The maximum Gasteiger partial charge on any atom is 0.186 e. The molecule has 17 heavy (non-hydrogen) atoms. The van der Waals surface area contributed by atoms with Crippen LogP contribution in [0.5, 0.6) is 0 Å². The number of anilines is 1. The van der Waals surface area contributed by atoms with Crippen LogP contribution in [-0.4, -0.2) is 26.8 Å². The van der Waals surface area contributed by atoms with Crippen molar-refractivity contribution in [3.63, 3.8) is 0 Å². The van der Waals surface area contributed by atoms with E-state index in [9.17, 15) is 4.39 Å². The predicted molar refractivity (Wildman–Crippen MR) is 63.2 cm³/mol. The van der Waals surface area contributed by atoms with Crippen molar-refractivity contribution in [1.82, 2.24) is 19.7 Å². The van der Waals surface area contributed by atoms with E-state index >= 15 is 0 Å². The Balaban J connectivity index is 2.48. The first-order valence-corrected chi connectivity index (χ1v) is 5.40. The van der Waals surface area contributed by atoms with Gasteiger partial charge in [-0.3, -0.25) is 4.68 Å². The lowest BCUT2D eigenvalue weighted by Crippen LogP contribution is -2.03. The highest BCUT2D eigenvalue weighted by Crippen LogP contribution is 2.20. The molecule has 0 fully saturated rings. The molecule has 6 heteroatoms. The number of nitrogens with zero attached hydrogens (tertiary/aromatic N) is 4. The summed E-state index contributed by atoms with van der Waals surface area (Å²) in [6.45, 7) is 4.39. The first kappa shape index (κ1) is 11.5. The highest BCUT2D eigenvalue weighted by Gasteiger charge is 2.12. The van der Waals surface area contributed by atoms with Gasteiger partial charge in [-0.1, -0.05) is 0 Å². The Labute approximate surface area is 98.7 Å². The minimum atomic E-state index is -0.417. The van der Waals surface area contributed by atoms with Crippen LogP contribution in [0, 0.1) is 12.7 Å². The molecule has 0 saturated heterocycles. The summed E-state index contributed by atoms with van der Waals surface area (Å²) in [5.41, 5.74) is 1.11. The Bertz CT molecular complexity index is 535. The average molecular weight is 235 g/mol. The van der Waals surface area contributed by atoms with Crippen molar-refractivity contribution in [2.45, 2.75) is 20.4 Å². The molecule has 0 unspecified atom stereocenters. The third-order valence-corrected chi connectivity index (χ3v) is 2.47. The third-order valence-electron chi connectivity index (χ3n) is 2.47. The lowest BCUT2D eigenvalue weighted by molar-refractivity contribution is 0.607. The number of nitrogens with one attached hydrogen (secondary N) is 1. The normalized spacial score (nSPS) is 10.6. The van der Waals surface area contributed by atoms with Gasteiger partial charge in [-0.25, -0.2) is 14.4 Å². The lowest BCUT2D eigenvalue weighted by Gasteiger charge is -2.05. The third kappa shape index (κ3) is 2.11. The van der Waals surface area contributed by atoms with Crippen LogP contribution in [0.15, 0.2) is 12.4 Å². The van der Waals surface area contributed by atoms with Gasteiger partial charge in [0.2, 0.25) is 0 Å². The standard InChI is InChI=1S/C11H14FN5/c1-4-17-6-8(5-14-17)10-15-7(2)9(12)11(13-3)16-10/h5-6H,4H2,1-3H3,(H,13,15,16). The Morgan fingerprint density at radius 2 is 2.18 bits per heavy atom. The van der Waals surface area contributed by atoms with Gasteiger partial charge in [-0.05, 0) is 13.8 Å². The molecule has 2 aromatic heterocycles. The van der Waals surface area contributed by atoms with Gasteiger partial charge in [0.15, 0.2) is 17.5 Å². The van der Waals surface area contributed by atoms with Gasteiger partial charge in [0, 0.05) is 19.8 Å². The summed E-state index contributed by atoms with van der Waals surface area (Å²) < 4.78 is 15.3. The van der Waals surface area contributed by atoms with E-state index in [0.717, 1.165) is 12.1 Å². The summed E-state index contributed by atoms with van der Waals surface area (Å²) in [5.74, 6) is 0.267. The molecule has 1 N–H and O–H groups in total. The Kier molecular flexibility index (Phi) is 3.03. The molecule has 0 radical (unpaired) electrons. The molecule has 0 aromatic carbocycles. The van der Waals surface area contributed by atoms with E-state index in [-0.39, 0.29) is 5.82 Å². The number of rotatable bonds is 3. The first-order valence-electron chi connectivity index (χ1n) is 5.40. The Morgan fingerprint density at radius 3 is 2.76 bits per heavy atom. The summed E-state index contributed by atoms with van der Waals surface area (Å²) in [6, 6.07) is 0. The van der Waals surface area contributed by atoms with Crippen LogP contribution in [0.3, 0.4) is 0 Å². The minimum Gasteiger partial charge on any atom is -0.371 e. The summed E-state index contributed by atoms with van der Waals surface area (Å²) in [4.78, 5) is 8.24. The molecule has 0 amide bonds. The predicted octanol–water partition coefficient (Wildman–Crippen LogP) is 1.85. The molecule has 90 valence electrons. The zero-order chi connectivity index (χ0) is 12.4. The molecule has 0 aliphatic carbocycles. The zero-order valence-corrected chi connectivity index (χ0v) is 10.0. The van der Waals surface area contributed by atoms with Crippen LogP contribution in [0.25, 0.3) is 11.4 Å². The van der Waals surface area contributed by atoms with Gasteiger partial charge in [0.1, 0.15) is 0 Å². The monoisotopic (exact) mass is 235 g/mol. The second kappa shape index (κ2) is 4.48. The van der Waals surface area contributed by atoms with Crippen molar-refractivity contribution in [2.24, 2.45) is 0 Å². The van der Waals surface area contributed by atoms with Gasteiger partial charge < -0.3 is 5.32 Å². The highest BCUT2D eigenvalue weighted by atomic mass is 19.1. The second-order valence-electron chi connectivity index (χ2n) is 3.63. The highest BCUT2D eigenvalue weighted by molar-refractivity contribution is 5.55. The Hall–Kier alpha value is -1.98. The van der Waals surface area contributed by atoms with Crippen molar-refractivity contribution < 1.29 is 4.39 Å². The lowest BCUT2D eigenvalue weighted by atomic mass is 10.3. The van der Waals surface area contributed by atoms with Crippen LogP contribution >= 0.6 is 0 Å². The molecule has 2 aromatic rings. The van der Waals surface area contributed by atoms with Crippen LogP contribution < -0.4 is 5.32 Å². The minimum absolute atomic E-state index is 0.205. The number of halogens is 1. The van der Waals surface area contributed by atoms with Gasteiger partial charge in [0.25, 0.3) is 0 Å². The molecule has 0 spiro atoms. The molecule has 0 saturated carbocycles. The van der Waals surface area contributed by atoms with Gasteiger partial charge in [0.05, 0.1) is 17.5 Å². The second-order valence-corrected chi connectivity index (χ2v) is 3.63. The van der Waals surface area contributed by atoms with E-state index in [2.05, 4.69) is 20.4 Å².